The van der Waals surface area contributed by atoms with Gasteiger partial charge in [-0.25, -0.2) is 9.18 Å². The van der Waals surface area contributed by atoms with Crippen molar-refractivity contribution >= 4 is 11.9 Å². The molecule has 0 aliphatic heterocycles. The van der Waals surface area contributed by atoms with E-state index in [0.717, 1.165) is 20.0 Å². The summed E-state index contributed by atoms with van der Waals surface area (Å²) in [5.41, 5.74) is 0. The fourth-order valence-corrected chi connectivity index (χ4v) is 2.67. The van der Waals surface area contributed by atoms with E-state index in [0.29, 0.717) is 13.0 Å². The summed E-state index contributed by atoms with van der Waals surface area (Å²) >= 11 is 0. The van der Waals surface area contributed by atoms with Crippen LogP contribution in [-0.2, 0) is 19.1 Å². The molecular weight excluding hydrogens is 315 g/mol. The minimum Gasteiger partial charge on any atom is -0.462 e. The van der Waals surface area contributed by atoms with E-state index in [9.17, 15) is 14.0 Å². The lowest BCUT2D eigenvalue weighted by Crippen LogP contribution is -2.49. The lowest BCUT2D eigenvalue weighted by Gasteiger charge is -2.24. The number of rotatable bonds is 11. The first-order valence-corrected chi connectivity index (χ1v) is 8.80. The normalized spacial score (nSPS) is 23.2. The quantitative estimate of drug-likeness (QED) is 0.259. The minimum absolute atomic E-state index is 0.136. The second kappa shape index (κ2) is 10.6. The van der Waals surface area contributed by atoms with Gasteiger partial charge in [0.2, 0.25) is 0 Å². The number of carbonyl (C=O) groups is 2. The van der Waals surface area contributed by atoms with Crippen molar-refractivity contribution in [2.75, 3.05) is 13.7 Å². The van der Waals surface area contributed by atoms with Crippen molar-refractivity contribution in [1.29, 1.82) is 0 Å². The molecule has 2 N–H and O–H groups in total. The molecule has 1 aliphatic carbocycles. The second-order valence-electron chi connectivity index (χ2n) is 6.48. The predicted octanol–water partition coefficient (Wildman–Crippen LogP) is 1.92. The highest BCUT2D eigenvalue weighted by Crippen LogP contribution is 2.36. The first kappa shape index (κ1) is 20.8. The minimum atomic E-state index is -0.968. The Morgan fingerprint density at radius 1 is 1.29 bits per heavy atom. The van der Waals surface area contributed by atoms with E-state index in [1.807, 2.05) is 13.8 Å². The van der Waals surface area contributed by atoms with Crippen LogP contribution in [0.1, 0.15) is 52.9 Å². The summed E-state index contributed by atoms with van der Waals surface area (Å²) in [5.74, 6) is -2.07. The van der Waals surface area contributed by atoms with Gasteiger partial charge < -0.3 is 14.8 Å². The first-order valence-electron chi connectivity index (χ1n) is 8.80. The molecule has 1 amide bonds. The highest BCUT2D eigenvalue weighted by atomic mass is 19.1. The zero-order chi connectivity index (χ0) is 18.1. The number of hydrogen-bond acceptors (Lipinski definition) is 5. The molecule has 0 aromatic carbocycles. The average Bonchev–Trinajstić information content (AvgIpc) is 3.27. The number of hydrogen-bond donors (Lipinski definition) is 2. The summed E-state index contributed by atoms with van der Waals surface area (Å²) in [7, 11) is 1.14. The van der Waals surface area contributed by atoms with Gasteiger partial charge in [-0.1, -0.05) is 26.2 Å². The molecular formula is C17H31FN2O4. The van der Waals surface area contributed by atoms with Gasteiger partial charge in [-0.2, -0.15) is 0 Å². The number of nitrogens with one attached hydrogen (secondary N) is 2. The number of amides is 1. The van der Waals surface area contributed by atoms with Gasteiger partial charge >= 0.3 is 11.9 Å². The Morgan fingerprint density at radius 2 is 1.96 bits per heavy atom. The van der Waals surface area contributed by atoms with Crippen molar-refractivity contribution in [2.45, 2.75) is 77.4 Å². The number of halogens is 1. The van der Waals surface area contributed by atoms with E-state index in [-0.39, 0.29) is 18.2 Å². The Labute approximate surface area is 143 Å². The molecule has 1 saturated carbocycles. The molecule has 0 heterocycles. The van der Waals surface area contributed by atoms with E-state index in [1.54, 1.807) is 0 Å². The number of carbonyl (C=O) groups excluding carboxylic acids is 2. The van der Waals surface area contributed by atoms with Crippen LogP contribution in [0.4, 0.5) is 4.39 Å². The van der Waals surface area contributed by atoms with Crippen molar-refractivity contribution in [3.05, 3.63) is 0 Å². The molecule has 0 spiro atoms. The van der Waals surface area contributed by atoms with Crippen LogP contribution in [0.5, 0.6) is 0 Å². The van der Waals surface area contributed by atoms with Crippen LogP contribution >= 0.6 is 0 Å². The maximum absolute atomic E-state index is 13.3. The van der Waals surface area contributed by atoms with Crippen LogP contribution in [0.2, 0.25) is 0 Å². The summed E-state index contributed by atoms with van der Waals surface area (Å²) in [4.78, 5) is 22.8. The molecule has 0 radical (unpaired) electrons. The smallest absolute Gasteiger partial charge is 0.396 e. The molecule has 1 fully saturated rings. The van der Waals surface area contributed by atoms with Crippen LogP contribution in [0.25, 0.3) is 0 Å². The molecule has 0 aromatic rings. The van der Waals surface area contributed by atoms with Crippen molar-refractivity contribution < 1.29 is 23.5 Å². The highest BCUT2D eigenvalue weighted by molar-refractivity contribution is 6.32. The molecule has 24 heavy (non-hydrogen) atoms. The Morgan fingerprint density at radius 3 is 2.50 bits per heavy atom. The largest absolute Gasteiger partial charge is 0.462 e. The standard InChI is InChI=1S/C17H31FN2O4/c1-5-6-7-8-11(2)24-12(3)19-10-15(13-9-14(13)18)20-16(21)17(22)23-4/h11-15,19H,5-10H2,1-4H3,(H,20,21)/t11-,12-,13?,14?,15-/m0/s1. The molecule has 140 valence electrons. The summed E-state index contributed by atoms with van der Waals surface area (Å²) < 4.78 is 23.6. The van der Waals surface area contributed by atoms with Crippen molar-refractivity contribution in [1.82, 2.24) is 10.6 Å². The van der Waals surface area contributed by atoms with Crippen LogP contribution in [0, 0.1) is 5.92 Å². The van der Waals surface area contributed by atoms with Gasteiger partial charge in [-0.05, 0) is 26.7 Å². The summed E-state index contributed by atoms with van der Waals surface area (Å²) in [5, 5.41) is 5.69. The number of ether oxygens (including phenoxy) is 2. The van der Waals surface area contributed by atoms with Crippen LogP contribution in [0.3, 0.4) is 0 Å². The molecule has 5 atom stereocenters. The van der Waals surface area contributed by atoms with E-state index < -0.39 is 24.1 Å². The zero-order valence-corrected chi connectivity index (χ0v) is 15.1. The Kier molecular flexibility index (Phi) is 9.21. The zero-order valence-electron chi connectivity index (χ0n) is 15.1. The number of methoxy groups -OCH3 is 1. The van der Waals surface area contributed by atoms with Gasteiger partial charge in [0.05, 0.1) is 13.2 Å². The molecule has 6 nitrogen and oxygen atoms in total. The first-order chi connectivity index (χ1) is 11.4. The van der Waals surface area contributed by atoms with E-state index >= 15 is 0 Å². The van der Waals surface area contributed by atoms with Gasteiger partial charge in [-0.15, -0.1) is 0 Å². The SMILES string of the molecule is CCCCC[C@H](C)O[C@@H](C)NC[C@H](NC(=O)C(=O)OC)C1CC1F. The molecule has 0 saturated heterocycles. The van der Waals surface area contributed by atoms with Gasteiger partial charge in [0, 0.05) is 18.5 Å². The molecule has 0 aromatic heterocycles. The third-order valence-corrected chi connectivity index (χ3v) is 4.24. The topological polar surface area (TPSA) is 76.7 Å². The summed E-state index contributed by atoms with van der Waals surface area (Å²) in [6.07, 6.45) is 3.89. The van der Waals surface area contributed by atoms with E-state index in [1.165, 1.54) is 12.8 Å². The molecule has 1 rings (SSSR count). The number of unbranched alkanes of at least 4 members (excludes halogenated alkanes) is 2. The third-order valence-electron chi connectivity index (χ3n) is 4.24. The van der Waals surface area contributed by atoms with Crippen LogP contribution in [-0.4, -0.2) is 50.1 Å². The average molecular weight is 346 g/mol. The number of alkyl halides is 1. The lowest BCUT2D eigenvalue weighted by atomic mass is 10.1. The molecule has 0 bridgehead atoms. The Balaban J connectivity index is 2.36. The second-order valence-corrected chi connectivity index (χ2v) is 6.48. The fourth-order valence-electron chi connectivity index (χ4n) is 2.67. The molecule has 7 heteroatoms. The monoisotopic (exact) mass is 346 g/mol. The Hall–Kier alpha value is -1.21. The molecule has 1 aliphatic rings. The lowest BCUT2D eigenvalue weighted by molar-refractivity contribution is -0.153. The van der Waals surface area contributed by atoms with Crippen LogP contribution in [0.15, 0.2) is 0 Å². The van der Waals surface area contributed by atoms with Crippen LogP contribution < -0.4 is 10.6 Å². The highest BCUT2D eigenvalue weighted by Gasteiger charge is 2.44. The van der Waals surface area contributed by atoms with Crippen molar-refractivity contribution in [3.63, 3.8) is 0 Å². The molecule has 2 unspecified atom stereocenters. The van der Waals surface area contributed by atoms with Gasteiger partial charge in [0.15, 0.2) is 0 Å². The maximum atomic E-state index is 13.3. The summed E-state index contributed by atoms with van der Waals surface area (Å²) in [6.45, 7) is 6.42. The summed E-state index contributed by atoms with van der Waals surface area (Å²) in [6, 6.07) is -0.451. The van der Waals surface area contributed by atoms with Crippen molar-refractivity contribution in [2.24, 2.45) is 5.92 Å². The van der Waals surface area contributed by atoms with E-state index in [2.05, 4.69) is 22.3 Å². The predicted molar refractivity (Wildman–Crippen MR) is 89.1 cm³/mol. The third kappa shape index (κ3) is 7.57. The van der Waals surface area contributed by atoms with Gasteiger partial charge in [-0.3, -0.25) is 10.1 Å². The van der Waals surface area contributed by atoms with Gasteiger partial charge in [0.1, 0.15) is 12.4 Å². The van der Waals surface area contributed by atoms with Crippen molar-refractivity contribution in [3.8, 4) is 0 Å². The van der Waals surface area contributed by atoms with E-state index in [4.69, 9.17) is 4.74 Å². The number of esters is 1. The van der Waals surface area contributed by atoms with Gasteiger partial charge in [0.25, 0.3) is 0 Å². The maximum Gasteiger partial charge on any atom is 0.396 e. The Bertz CT molecular complexity index is 408. The fraction of sp³-hybridized carbons (Fsp3) is 0.882.